The van der Waals surface area contributed by atoms with Crippen LogP contribution in [-0.2, 0) is 0 Å². The predicted octanol–water partition coefficient (Wildman–Crippen LogP) is 2.35. The topological polar surface area (TPSA) is 32.3 Å². The molecular weight excluding hydrogens is 198 g/mol. The molecule has 1 rings (SSSR count). The summed E-state index contributed by atoms with van der Waals surface area (Å²) in [4.78, 5) is 0. The van der Waals surface area contributed by atoms with Crippen LogP contribution in [0, 0.1) is 5.92 Å². The zero-order chi connectivity index (χ0) is 9.36. The lowest BCUT2D eigenvalue weighted by atomic mass is 9.97. The van der Waals surface area contributed by atoms with Gasteiger partial charge in [-0.2, -0.15) is 0 Å². The molecule has 2 nitrogen and oxygen atoms in total. The van der Waals surface area contributed by atoms with Crippen molar-refractivity contribution in [2.24, 2.45) is 5.92 Å². The first kappa shape index (κ1) is 14.2. The van der Waals surface area contributed by atoms with Crippen molar-refractivity contribution in [1.29, 1.82) is 0 Å². The van der Waals surface area contributed by atoms with Gasteiger partial charge in [-0.15, -0.1) is 12.4 Å². The standard InChI is InChI=1S/C11H23NO.ClH/c13-10-9-12-8-7-11-5-3-1-2-4-6-11;/h11-13H,1-10H2;1H. The van der Waals surface area contributed by atoms with Crippen LogP contribution in [0.2, 0.25) is 0 Å². The summed E-state index contributed by atoms with van der Waals surface area (Å²) in [5, 5.41) is 11.8. The second-order valence-corrected chi connectivity index (χ2v) is 4.12. The van der Waals surface area contributed by atoms with E-state index in [4.69, 9.17) is 5.11 Å². The van der Waals surface area contributed by atoms with E-state index in [1.165, 1.54) is 44.9 Å². The Morgan fingerprint density at radius 2 is 1.64 bits per heavy atom. The highest BCUT2D eigenvalue weighted by atomic mass is 35.5. The first-order valence-electron chi connectivity index (χ1n) is 5.75. The summed E-state index contributed by atoms with van der Waals surface area (Å²) in [6.45, 7) is 2.11. The summed E-state index contributed by atoms with van der Waals surface area (Å²) in [6.07, 6.45) is 9.93. The van der Waals surface area contributed by atoms with Crippen LogP contribution >= 0.6 is 12.4 Å². The van der Waals surface area contributed by atoms with E-state index in [2.05, 4.69) is 5.32 Å². The molecule has 0 aromatic carbocycles. The third-order valence-corrected chi connectivity index (χ3v) is 2.99. The lowest BCUT2D eigenvalue weighted by molar-refractivity contribution is 0.289. The number of hydrogen-bond acceptors (Lipinski definition) is 2. The van der Waals surface area contributed by atoms with Crippen molar-refractivity contribution in [1.82, 2.24) is 5.32 Å². The molecule has 0 aromatic rings. The molecule has 0 amide bonds. The Morgan fingerprint density at radius 1 is 1.00 bits per heavy atom. The maximum Gasteiger partial charge on any atom is 0.0555 e. The highest BCUT2D eigenvalue weighted by Gasteiger charge is 2.10. The smallest absolute Gasteiger partial charge is 0.0555 e. The van der Waals surface area contributed by atoms with Gasteiger partial charge in [-0.1, -0.05) is 38.5 Å². The van der Waals surface area contributed by atoms with E-state index in [9.17, 15) is 0 Å². The largest absolute Gasteiger partial charge is 0.395 e. The van der Waals surface area contributed by atoms with E-state index >= 15 is 0 Å². The highest BCUT2D eigenvalue weighted by Crippen LogP contribution is 2.24. The molecule has 0 bridgehead atoms. The van der Waals surface area contributed by atoms with E-state index in [-0.39, 0.29) is 19.0 Å². The fourth-order valence-electron chi connectivity index (χ4n) is 2.16. The van der Waals surface area contributed by atoms with E-state index in [1.54, 1.807) is 0 Å². The molecule has 0 radical (unpaired) electrons. The van der Waals surface area contributed by atoms with E-state index < -0.39 is 0 Å². The van der Waals surface area contributed by atoms with Gasteiger partial charge in [0.15, 0.2) is 0 Å². The molecule has 0 aromatic heterocycles. The van der Waals surface area contributed by atoms with Gasteiger partial charge in [0.05, 0.1) is 6.61 Å². The molecule has 0 heterocycles. The van der Waals surface area contributed by atoms with Crippen molar-refractivity contribution >= 4 is 12.4 Å². The molecule has 0 aliphatic heterocycles. The fraction of sp³-hybridized carbons (Fsp3) is 1.00. The Balaban J connectivity index is 0.00000169. The number of aliphatic hydroxyl groups is 1. The average molecular weight is 222 g/mol. The van der Waals surface area contributed by atoms with Crippen LogP contribution in [-0.4, -0.2) is 24.8 Å². The van der Waals surface area contributed by atoms with E-state index in [1.807, 2.05) is 0 Å². The maximum atomic E-state index is 8.59. The molecule has 1 fully saturated rings. The molecule has 0 unspecified atom stereocenters. The molecule has 1 saturated carbocycles. The van der Waals surface area contributed by atoms with Gasteiger partial charge in [0.2, 0.25) is 0 Å². The van der Waals surface area contributed by atoms with Gasteiger partial charge in [-0.05, 0) is 18.9 Å². The minimum atomic E-state index is 0. The Morgan fingerprint density at radius 3 is 2.21 bits per heavy atom. The van der Waals surface area contributed by atoms with Crippen LogP contribution in [0.25, 0.3) is 0 Å². The number of hydrogen-bond donors (Lipinski definition) is 2. The van der Waals surface area contributed by atoms with Crippen LogP contribution in [0.5, 0.6) is 0 Å². The SMILES string of the molecule is Cl.OCCNCCC1CCCCCC1. The average Bonchev–Trinajstić information content (AvgIpc) is 2.41. The van der Waals surface area contributed by atoms with Gasteiger partial charge in [0.1, 0.15) is 0 Å². The molecule has 1 aliphatic carbocycles. The second kappa shape index (κ2) is 9.75. The van der Waals surface area contributed by atoms with Crippen LogP contribution in [0.1, 0.15) is 44.9 Å². The Labute approximate surface area is 93.9 Å². The monoisotopic (exact) mass is 221 g/mol. The molecule has 2 N–H and O–H groups in total. The molecule has 0 atom stereocenters. The van der Waals surface area contributed by atoms with Crippen LogP contribution in [0.4, 0.5) is 0 Å². The molecule has 1 aliphatic rings. The zero-order valence-electron chi connectivity index (χ0n) is 9.00. The minimum absolute atomic E-state index is 0. The lowest BCUT2D eigenvalue weighted by Crippen LogP contribution is -2.21. The first-order valence-corrected chi connectivity index (χ1v) is 5.75. The minimum Gasteiger partial charge on any atom is -0.395 e. The van der Waals surface area contributed by atoms with Gasteiger partial charge in [0.25, 0.3) is 0 Å². The van der Waals surface area contributed by atoms with Crippen molar-refractivity contribution in [2.45, 2.75) is 44.9 Å². The van der Waals surface area contributed by atoms with Crippen molar-refractivity contribution in [3.05, 3.63) is 0 Å². The third-order valence-electron chi connectivity index (χ3n) is 2.99. The normalized spacial score (nSPS) is 18.6. The van der Waals surface area contributed by atoms with Crippen molar-refractivity contribution < 1.29 is 5.11 Å². The summed E-state index contributed by atoms with van der Waals surface area (Å²) in [6, 6.07) is 0. The van der Waals surface area contributed by atoms with Crippen LogP contribution < -0.4 is 5.32 Å². The second-order valence-electron chi connectivity index (χ2n) is 4.12. The lowest BCUT2D eigenvalue weighted by Gasteiger charge is -2.13. The Bertz CT molecular complexity index is 114. The maximum absolute atomic E-state index is 8.59. The van der Waals surface area contributed by atoms with Gasteiger partial charge in [-0.3, -0.25) is 0 Å². The Hall–Kier alpha value is 0.210. The number of rotatable bonds is 5. The third kappa shape index (κ3) is 6.63. The highest BCUT2D eigenvalue weighted by molar-refractivity contribution is 5.85. The van der Waals surface area contributed by atoms with Crippen LogP contribution in [0.15, 0.2) is 0 Å². The molecule has 0 saturated heterocycles. The quantitative estimate of drug-likeness (QED) is 0.552. The van der Waals surface area contributed by atoms with Crippen molar-refractivity contribution in [3.8, 4) is 0 Å². The predicted molar refractivity (Wildman–Crippen MR) is 63.0 cm³/mol. The number of aliphatic hydroxyl groups excluding tert-OH is 1. The molecule has 86 valence electrons. The zero-order valence-corrected chi connectivity index (χ0v) is 9.82. The van der Waals surface area contributed by atoms with Gasteiger partial charge >= 0.3 is 0 Å². The Kier molecular flexibility index (Phi) is 9.90. The first-order chi connectivity index (χ1) is 6.43. The van der Waals surface area contributed by atoms with E-state index in [0.717, 1.165) is 19.0 Å². The van der Waals surface area contributed by atoms with Gasteiger partial charge in [0, 0.05) is 6.54 Å². The molecular formula is C11H24ClNO. The van der Waals surface area contributed by atoms with E-state index in [0.29, 0.717) is 0 Å². The van der Waals surface area contributed by atoms with Gasteiger partial charge in [-0.25, -0.2) is 0 Å². The number of nitrogens with one attached hydrogen (secondary N) is 1. The summed E-state index contributed by atoms with van der Waals surface area (Å²) < 4.78 is 0. The molecule has 14 heavy (non-hydrogen) atoms. The summed E-state index contributed by atoms with van der Waals surface area (Å²) in [7, 11) is 0. The summed E-state index contributed by atoms with van der Waals surface area (Å²) in [5.41, 5.74) is 0. The molecule has 3 heteroatoms. The number of halogens is 1. The molecule has 0 spiro atoms. The summed E-state index contributed by atoms with van der Waals surface area (Å²) in [5.74, 6) is 0.952. The van der Waals surface area contributed by atoms with Crippen molar-refractivity contribution in [2.75, 3.05) is 19.7 Å². The fourth-order valence-corrected chi connectivity index (χ4v) is 2.16. The summed E-state index contributed by atoms with van der Waals surface area (Å²) >= 11 is 0. The van der Waals surface area contributed by atoms with Crippen molar-refractivity contribution in [3.63, 3.8) is 0 Å². The van der Waals surface area contributed by atoms with Gasteiger partial charge < -0.3 is 10.4 Å². The van der Waals surface area contributed by atoms with Crippen LogP contribution in [0.3, 0.4) is 0 Å².